The van der Waals surface area contributed by atoms with Crippen LogP contribution >= 0.6 is 0 Å². The molecular formula is C20H23F2N2O2+. The van der Waals surface area contributed by atoms with Gasteiger partial charge in [-0.2, -0.15) is 0 Å². The number of aliphatic hydroxyl groups is 1. The van der Waals surface area contributed by atoms with Gasteiger partial charge in [0, 0.05) is 19.4 Å². The number of carbonyl (C=O) groups is 1. The van der Waals surface area contributed by atoms with Crippen molar-refractivity contribution in [3.8, 4) is 0 Å². The molecule has 6 heteroatoms. The van der Waals surface area contributed by atoms with E-state index in [0.717, 1.165) is 16.0 Å². The second kappa shape index (κ2) is 7.93. The molecule has 1 amide bonds. The molecule has 1 fully saturated rings. The number of rotatable bonds is 5. The van der Waals surface area contributed by atoms with Crippen molar-refractivity contribution < 1.29 is 23.6 Å². The smallest absolute Gasteiger partial charge is 0.275 e. The normalized spacial score (nSPS) is 22.8. The summed E-state index contributed by atoms with van der Waals surface area (Å²) in [6.07, 6.45) is 1.05. The first-order valence-corrected chi connectivity index (χ1v) is 8.78. The molecule has 3 rings (SSSR count). The molecule has 26 heavy (non-hydrogen) atoms. The molecule has 4 nitrogen and oxygen atoms in total. The predicted octanol–water partition coefficient (Wildman–Crippen LogP) is 1.15. The van der Waals surface area contributed by atoms with Gasteiger partial charge < -0.3 is 15.3 Å². The standard InChI is InChI=1S/C20H22F2N2O2/c21-17-5-1-15(2-6-17)13-23-19(25)14-24-11-9-20(26,10-12-24)16-3-7-18(22)8-4-16/h1-8,26H,9-14H2,(H,23,25)/p+1. The quantitative estimate of drug-likeness (QED) is 0.748. The van der Waals surface area contributed by atoms with Crippen molar-refractivity contribution in [3.63, 3.8) is 0 Å². The summed E-state index contributed by atoms with van der Waals surface area (Å²) in [5.41, 5.74) is 0.611. The highest BCUT2D eigenvalue weighted by molar-refractivity contribution is 5.76. The van der Waals surface area contributed by atoms with Gasteiger partial charge >= 0.3 is 0 Å². The Hall–Kier alpha value is -2.31. The van der Waals surface area contributed by atoms with Crippen LogP contribution in [0, 0.1) is 11.6 Å². The lowest BCUT2D eigenvalue weighted by Crippen LogP contribution is -3.14. The van der Waals surface area contributed by atoms with Crippen LogP contribution in [0.1, 0.15) is 24.0 Å². The monoisotopic (exact) mass is 361 g/mol. The number of amides is 1. The van der Waals surface area contributed by atoms with E-state index >= 15 is 0 Å². The minimum Gasteiger partial charge on any atom is -0.385 e. The number of carbonyl (C=O) groups excluding carboxylic acids is 1. The number of quaternary nitrogens is 1. The number of nitrogens with one attached hydrogen (secondary N) is 2. The summed E-state index contributed by atoms with van der Waals surface area (Å²) < 4.78 is 25.9. The van der Waals surface area contributed by atoms with Crippen LogP contribution in [0.25, 0.3) is 0 Å². The zero-order valence-electron chi connectivity index (χ0n) is 14.5. The molecule has 1 saturated heterocycles. The van der Waals surface area contributed by atoms with Gasteiger partial charge in [0.1, 0.15) is 17.2 Å². The highest BCUT2D eigenvalue weighted by Gasteiger charge is 2.36. The lowest BCUT2D eigenvalue weighted by atomic mass is 9.84. The third-order valence-corrected chi connectivity index (χ3v) is 4.98. The number of likely N-dealkylation sites (tertiary alicyclic amines) is 1. The van der Waals surface area contributed by atoms with Crippen LogP contribution in [-0.4, -0.2) is 30.6 Å². The predicted molar refractivity (Wildman–Crippen MR) is 93.3 cm³/mol. The average molecular weight is 361 g/mol. The van der Waals surface area contributed by atoms with Crippen LogP contribution in [0.5, 0.6) is 0 Å². The second-order valence-corrected chi connectivity index (χ2v) is 6.87. The highest BCUT2D eigenvalue weighted by atomic mass is 19.1. The Kier molecular flexibility index (Phi) is 5.64. The molecule has 1 heterocycles. The molecule has 138 valence electrons. The van der Waals surface area contributed by atoms with Gasteiger partial charge in [-0.05, 0) is 35.4 Å². The van der Waals surface area contributed by atoms with Gasteiger partial charge in [0.2, 0.25) is 0 Å². The van der Waals surface area contributed by atoms with Gasteiger partial charge in [-0.25, -0.2) is 8.78 Å². The van der Waals surface area contributed by atoms with Gasteiger partial charge in [0.25, 0.3) is 5.91 Å². The number of halogens is 2. The van der Waals surface area contributed by atoms with E-state index in [9.17, 15) is 18.7 Å². The molecule has 3 N–H and O–H groups in total. The minimum atomic E-state index is -0.957. The summed E-state index contributed by atoms with van der Waals surface area (Å²) in [5.74, 6) is -0.693. The topological polar surface area (TPSA) is 53.8 Å². The van der Waals surface area contributed by atoms with Gasteiger partial charge in [-0.15, -0.1) is 0 Å². The average Bonchev–Trinajstić information content (AvgIpc) is 2.64. The molecule has 2 aromatic rings. The van der Waals surface area contributed by atoms with Crippen molar-refractivity contribution in [1.82, 2.24) is 5.32 Å². The molecule has 0 radical (unpaired) electrons. The van der Waals surface area contributed by atoms with E-state index in [1.807, 2.05) is 0 Å². The van der Waals surface area contributed by atoms with E-state index in [1.165, 1.54) is 24.3 Å². The Morgan fingerprint density at radius 3 is 2.12 bits per heavy atom. The zero-order valence-corrected chi connectivity index (χ0v) is 14.5. The van der Waals surface area contributed by atoms with E-state index in [2.05, 4.69) is 5.32 Å². The van der Waals surface area contributed by atoms with Crippen molar-refractivity contribution in [2.45, 2.75) is 25.0 Å². The molecule has 2 aromatic carbocycles. The third-order valence-electron chi connectivity index (χ3n) is 4.98. The molecular weight excluding hydrogens is 338 g/mol. The fourth-order valence-corrected chi connectivity index (χ4v) is 3.34. The fraction of sp³-hybridized carbons (Fsp3) is 0.350. The number of piperidine rings is 1. The van der Waals surface area contributed by atoms with Gasteiger partial charge in [0.05, 0.1) is 13.1 Å². The molecule has 0 saturated carbocycles. The van der Waals surface area contributed by atoms with Crippen molar-refractivity contribution >= 4 is 5.91 Å². The first kappa shape index (κ1) is 18.5. The maximum atomic E-state index is 13.1. The minimum absolute atomic E-state index is 0.0726. The summed E-state index contributed by atoms with van der Waals surface area (Å²) in [7, 11) is 0. The Morgan fingerprint density at radius 1 is 1.00 bits per heavy atom. The Labute approximate surface area is 151 Å². The van der Waals surface area contributed by atoms with E-state index in [4.69, 9.17) is 0 Å². The number of benzene rings is 2. The Bertz CT molecular complexity index is 739. The summed E-state index contributed by atoms with van der Waals surface area (Å²) in [6, 6.07) is 12.0. The molecule has 0 atom stereocenters. The second-order valence-electron chi connectivity index (χ2n) is 6.87. The first-order chi connectivity index (χ1) is 12.4. The van der Waals surface area contributed by atoms with Gasteiger partial charge in [-0.1, -0.05) is 24.3 Å². The third kappa shape index (κ3) is 4.65. The Morgan fingerprint density at radius 2 is 1.54 bits per heavy atom. The van der Waals surface area contributed by atoms with Crippen LogP contribution in [0.4, 0.5) is 8.78 Å². The molecule has 0 bridgehead atoms. The largest absolute Gasteiger partial charge is 0.385 e. The van der Waals surface area contributed by atoms with Gasteiger partial charge in [0.15, 0.2) is 6.54 Å². The first-order valence-electron chi connectivity index (χ1n) is 8.78. The van der Waals surface area contributed by atoms with Crippen molar-refractivity contribution in [2.24, 2.45) is 0 Å². The van der Waals surface area contributed by atoms with Crippen LogP contribution in [0.15, 0.2) is 48.5 Å². The molecule has 1 aliphatic rings. The van der Waals surface area contributed by atoms with E-state index in [0.29, 0.717) is 39.0 Å². The Balaban J connectivity index is 1.46. The number of hydrogen-bond donors (Lipinski definition) is 3. The summed E-state index contributed by atoms with van der Waals surface area (Å²) in [4.78, 5) is 13.2. The van der Waals surface area contributed by atoms with Crippen molar-refractivity contribution in [1.29, 1.82) is 0 Å². The van der Waals surface area contributed by atoms with E-state index < -0.39 is 5.60 Å². The van der Waals surface area contributed by atoms with Crippen LogP contribution in [-0.2, 0) is 16.9 Å². The molecule has 0 unspecified atom stereocenters. The maximum absolute atomic E-state index is 13.1. The zero-order chi connectivity index (χ0) is 18.6. The van der Waals surface area contributed by atoms with Gasteiger partial charge in [-0.3, -0.25) is 4.79 Å². The molecule has 0 aliphatic carbocycles. The van der Waals surface area contributed by atoms with Crippen LogP contribution < -0.4 is 10.2 Å². The number of hydrogen-bond acceptors (Lipinski definition) is 2. The summed E-state index contributed by atoms with van der Waals surface area (Å²) >= 11 is 0. The van der Waals surface area contributed by atoms with Crippen molar-refractivity contribution in [3.05, 3.63) is 71.3 Å². The lowest BCUT2D eigenvalue weighted by molar-refractivity contribution is -0.900. The van der Waals surface area contributed by atoms with Crippen LogP contribution in [0.3, 0.4) is 0 Å². The molecule has 1 aliphatic heterocycles. The fourth-order valence-electron chi connectivity index (χ4n) is 3.34. The van der Waals surface area contributed by atoms with Crippen LogP contribution in [0.2, 0.25) is 0 Å². The molecule has 0 aromatic heterocycles. The van der Waals surface area contributed by atoms with E-state index in [1.54, 1.807) is 24.3 Å². The summed E-state index contributed by atoms with van der Waals surface area (Å²) in [5, 5.41) is 13.6. The van der Waals surface area contributed by atoms with Crippen molar-refractivity contribution in [2.75, 3.05) is 19.6 Å². The maximum Gasteiger partial charge on any atom is 0.275 e. The SMILES string of the molecule is O=C(C[NH+]1CCC(O)(c2ccc(F)cc2)CC1)NCc1ccc(F)cc1. The highest BCUT2D eigenvalue weighted by Crippen LogP contribution is 2.29. The molecule has 0 spiro atoms. The van der Waals surface area contributed by atoms with E-state index in [-0.39, 0.29) is 17.5 Å². The lowest BCUT2D eigenvalue weighted by Gasteiger charge is -2.36. The summed E-state index contributed by atoms with van der Waals surface area (Å²) in [6.45, 7) is 2.03.